The van der Waals surface area contributed by atoms with Gasteiger partial charge in [-0.15, -0.1) is 0 Å². The minimum Gasteiger partial charge on any atom is -0.340 e. The molecular formula is C19H15N. The maximum absolute atomic E-state index is 2.30. The summed E-state index contributed by atoms with van der Waals surface area (Å²) in [7, 11) is 0. The van der Waals surface area contributed by atoms with Gasteiger partial charge < -0.3 is 4.90 Å². The summed E-state index contributed by atoms with van der Waals surface area (Å²) in [6, 6.07) is 25.8. The van der Waals surface area contributed by atoms with E-state index in [9.17, 15) is 0 Å². The smallest absolute Gasteiger partial charge is 0.0648 e. The first-order valence-corrected chi connectivity index (χ1v) is 6.92. The lowest BCUT2D eigenvalue weighted by molar-refractivity contribution is 0.618. The third-order valence-electron chi connectivity index (χ3n) is 3.76. The summed E-state index contributed by atoms with van der Waals surface area (Å²) in [5.41, 5.74) is 3.98. The molecule has 3 aromatic carbocycles. The number of benzene rings is 3. The molecule has 0 amide bonds. The van der Waals surface area contributed by atoms with E-state index in [2.05, 4.69) is 83.9 Å². The maximum Gasteiger partial charge on any atom is 0.0648 e. The number of fused-ring (bicyclic) bond motifs is 1. The molecule has 1 aliphatic rings. The van der Waals surface area contributed by atoms with Crippen molar-refractivity contribution in [3.05, 3.63) is 90.1 Å². The van der Waals surface area contributed by atoms with Crippen molar-refractivity contribution in [2.45, 2.75) is 6.54 Å². The maximum atomic E-state index is 2.30. The molecule has 1 aliphatic heterocycles. The molecule has 96 valence electrons. The normalized spacial score (nSPS) is 13.4. The van der Waals surface area contributed by atoms with Crippen LogP contribution in [0.5, 0.6) is 0 Å². The van der Waals surface area contributed by atoms with E-state index in [0.29, 0.717) is 0 Å². The van der Waals surface area contributed by atoms with E-state index >= 15 is 0 Å². The summed E-state index contributed by atoms with van der Waals surface area (Å²) in [6.07, 6.45) is 2.21. The molecule has 1 nitrogen and oxygen atoms in total. The second-order valence-electron chi connectivity index (χ2n) is 5.19. The van der Waals surface area contributed by atoms with Gasteiger partial charge in [0, 0.05) is 12.7 Å². The average molecular weight is 257 g/mol. The molecular weight excluding hydrogens is 242 g/mol. The van der Waals surface area contributed by atoms with Crippen LogP contribution in [0.25, 0.3) is 16.5 Å². The molecule has 1 heteroatoms. The molecule has 3 aromatic rings. The fourth-order valence-electron chi connectivity index (χ4n) is 2.63. The first-order chi connectivity index (χ1) is 9.90. The minimum absolute atomic E-state index is 0.953. The molecule has 1 heterocycles. The minimum atomic E-state index is 0.953. The van der Waals surface area contributed by atoms with E-state index in [4.69, 9.17) is 0 Å². The highest BCUT2D eigenvalue weighted by Gasteiger charge is 2.21. The van der Waals surface area contributed by atoms with E-state index in [0.717, 1.165) is 6.54 Å². The Labute approximate surface area is 118 Å². The molecule has 0 aliphatic carbocycles. The van der Waals surface area contributed by atoms with Crippen LogP contribution in [0.15, 0.2) is 79.0 Å². The van der Waals surface area contributed by atoms with E-state index < -0.39 is 0 Å². The van der Waals surface area contributed by atoms with E-state index in [1.165, 1.54) is 27.6 Å². The van der Waals surface area contributed by atoms with Crippen molar-refractivity contribution in [3.8, 4) is 0 Å². The SMILES string of the molecule is C1=C(c2ccccc2)N1Cc1ccc2ccccc2c1. The van der Waals surface area contributed by atoms with E-state index in [1.807, 2.05) is 0 Å². The highest BCUT2D eigenvalue weighted by molar-refractivity contribution is 5.83. The molecule has 0 spiro atoms. The highest BCUT2D eigenvalue weighted by Crippen LogP contribution is 2.33. The zero-order valence-corrected chi connectivity index (χ0v) is 11.2. The largest absolute Gasteiger partial charge is 0.340 e. The predicted octanol–water partition coefficient (Wildman–Crippen LogP) is 4.65. The molecule has 0 bridgehead atoms. The summed E-state index contributed by atoms with van der Waals surface area (Å²) in [4.78, 5) is 2.30. The summed E-state index contributed by atoms with van der Waals surface area (Å²) < 4.78 is 0. The van der Waals surface area contributed by atoms with Crippen molar-refractivity contribution in [2.24, 2.45) is 0 Å². The van der Waals surface area contributed by atoms with Crippen molar-refractivity contribution in [1.82, 2.24) is 4.90 Å². The number of rotatable bonds is 3. The fourth-order valence-corrected chi connectivity index (χ4v) is 2.63. The Kier molecular flexibility index (Phi) is 2.56. The van der Waals surface area contributed by atoms with E-state index in [1.54, 1.807) is 0 Å². The van der Waals surface area contributed by atoms with Crippen LogP contribution in [0.2, 0.25) is 0 Å². The van der Waals surface area contributed by atoms with Gasteiger partial charge in [-0.1, -0.05) is 66.7 Å². The number of nitrogens with zero attached hydrogens (tertiary/aromatic N) is 1. The molecule has 0 saturated heterocycles. The summed E-state index contributed by atoms with van der Waals surface area (Å²) in [5.74, 6) is 0. The quantitative estimate of drug-likeness (QED) is 0.659. The van der Waals surface area contributed by atoms with Gasteiger partial charge in [0.05, 0.1) is 5.70 Å². The Balaban J connectivity index is 1.53. The van der Waals surface area contributed by atoms with Crippen molar-refractivity contribution in [3.63, 3.8) is 0 Å². The molecule has 4 rings (SSSR count). The van der Waals surface area contributed by atoms with Crippen molar-refractivity contribution in [2.75, 3.05) is 0 Å². The van der Waals surface area contributed by atoms with Gasteiger partial charge in [0.25, 0.3) is 0 Å². The number of hydrogen-bond acceptors (Lipinski definition) is 1. The molecule has 20 heavy (non-hydrogen) atoms. The van der Waals surface area contributed by atoms with Crippen LogP contribution >= 0.6 is 0 Å². The van der Waals surface area contributed by atoms with Crippen LogP contribution in [-0.2, 0) is 6.54 Å². The summed E-state index contributed by atoms with van der Waals surface area (Å²) >= 11 is 0. The molecule has 0 aromatic heterocycles. The third kappa shape index (κ3) is 2.08. The monoisotopic (exact) mass is 257 g/mol. The van der Waals surface area contributed by atoms with Crippen LogP contribution in [0.1, 0.15) is 11.1 Å². The summed E-state index contributed by atoms with van der Waals surface area (Å²) in [5, 5.41) is 2.62. The zero-order chi connectivity index (χ0) is 13.4. The molecule has 0 fully saturated rings. The van der Waals surface area contributed by atoms with Gasteiger partial charge in [0.15, 0.2) is 0 Å². The van der Waals surface area contributed by atoms with Crippen LogP contribution in [0, 0.1) is 0 Å². The Bertz CT molecular complexity index is 787. The second kappa shape index (κ2) is 4.53. The standard InChI is InChI=1S/C19H15N/c1-2-7-17(8-3-1)19-14-20(19)13-15-10-11-16-6-4-5-9-18(16)12-15/h1-12,14H,13H2. The fraction of sp³-hybridized carbons (Fsp3) is 0.0526. The van der Waals surface area contributed by atoms with Gasteiger partial charge in [-0.05, 0) is 28.0 Å². The van der Waals surface area contributed by atoms with Gasteiger partial charge in [0.2, 0.25) is 0 Å². The highest BCUT2D eigenvalue weighted by atomic mass is 15.2. The van der Waals surface area contributed by atoms with Gasteiger partial charge in [-0.2, -0.15) is 0 Å². The van der Waals surface area contributed by atoms with Crippen molar-refractivity contribution in [1.29, 1.82) is 0 Å². The molecule has 0 unspecified atom stereocenters. The Morgan fingerprint density at radius 3 is 2.30 bits per heavy atom. The van der Waals surface area contributed by atoms with Gasteiger partial charge in [0.1, 0.15) is 0 Å². The lowest BCUT2D eigenvalue weighted by Crippen LogP contribution is -1.99. The van der Waals surface area contributed by atoms with Crippen LogP contribution < -0.4 is 0 Å². The lowest BCUT2D eigenvalue weighted by Gasteiger charge is -2.08. The van der Waals surface area contributed by atoms with Crippen molar-refractivity contribution >= 4 is 16.5 Å². The van der Waals surface area contributed by atoms with Gasteiger partial charge in [-0.3, -0.25) is 0 Å². The number of hydrogen-bond donors (Lipinski definition) is 0. The lowest BCUT2D eigenvalue weighted by atomic mass is 10.1. The predicted molar refractivity (Wildman–Crippen MR) is 83.9 cm³/mol. The topological polar surface area (TPSA) is 3.01 Å². The zero-order valence-electron chi connectivity index (χ0n) is 11.2. The van der Waals surface area contributed by atoms with Crippen molar-refractivity contribution < 1.29 is 0 Å². The van der Waals surface area contributed by atoms with Crippen LogP contribution in [0.3, 0.4) is 0 Å². The Morgan fingerprint density at radius 2 is 1.45 bits per heavy atom. The molecule has 0 N–H and O–H groups in total. The first kappa shape index (κ1) is 11.3. The summed E-state index contributed by atoms with van der Waals surface area (Å²) in [6.45, 7) is 0.953. The molecule has 0 radical (unpaired) electrons. The second-order valence-corrected chi connectivity index (χ2v) is 5.19. The molecule has 0 saturated carbocycles. The van der Waals surface area contributed by atoms with Crippen LogP contribution in [0.4, 0.5) is 0 Å². The van der Waals surface area contributed by atoms with Crippen LogP contribution in [-0.4, -0.2) is 4.90 Å². The van der Waals surface area contributed by atoms with E-state index in [-0.39, 0.29) is 0 Å². The third-order valence-corrected chi connectivity index (χ3v) is 3.76. The Morgan fingerprint density at radius 1 is 0.700 bits per heavy atom. The Hall–Kier alpha value is -2.54. The van der Waals surface area contributed by atoms with Gasteiger partial charge >= 0.3 is 0 Å². The molecule has 0 atom stereocenters. The van der Waals surface area contributed by atoms with Gasteiger partial charge in [-0.25, -0.2) is 0 Å². The first-order valence-electron chi connectivity index (χ1n) is 6.92. The average Bonchev–Trinajstić information content (AvgIpc) is 3.27.